The number of carbonyl (C=O) groups is 2. The van der Waals surface area contributed by atoms with Gasteiger partial charge in [0, 0.05) is 24.2 Å². The molecule has 1 atom stereocenters. The summed E-state index contributed by atoms with van der Waals surface area (Å²) in [5.74, 6) is -1.73. The Bertz CT molecular complexity index is 419. The molecule has 1 heterocycles. The largest absolute Gasteiger partial charge is 0.481 e. The van der Waals surface area contributed by atoms with Crippen molar-refractivity contribution in [3.8, 4) is 6.07 Å². The molecule has 0 aromatic carbocycles. The van der Waals surface area contributed by atoms with Crippen LogP contribution in [0, 0.1) is 17.2 Å². The Balaban J connectivity index is 2.21. The van der Waals surface area contributed by atoms with E-state index in [9.17, 15) is 9.59 Å². The van der Waals surface area contributed by atoms with Crippen LogP contribution in [0.5, 0.6) is 0 Å². The molecule has 1 saturated heterocycles. The maximum atomic E-state index is 11.7. The quantitative estimate of drug-likeness (QED) is 0.749. The minimum Gasteiger partial charge on any atom is -0.481 e. The van der Waals surface area contributed by atoms with Gasteiger partial charge in [-0.15, -0.1) is 0 Å². The van der Waals surface area contributed by atoms with E-state index >= 15 is 0 Å². The Morgan fingerprint density at radius 3 is 2.81 bits per heavy atom. The molecule has 5 heteroatoms. The van der Waals surface area contributed by atoms with Crippen molar-refractivity contribution in [1.82, 2.24) is 4.90 Å². The molecule has 1 aliphatic heterocycles. The Labute approximate surface area is 93.0 Å². The zero-order valence-electron chi connectivity index (χ0n) is 8.77. The molecule has 5 nitrogen and oxygen atoms in total. The van der Waals surface area contributed by atoms with Gasteiger partial charge in [0.25, 0.3) is 0 Å². The van der Waals surface area contributed by atoms with E-state index in [-0.39, 0.29) is 18.9 Å². The van der Waals surface area contributed by atoms with E-state index in [4.69, 9.17) is 10.4 Å². The van der Waals surface area contributed by atoms with Gasteiger partial charge in [-0.2, -0.15) is 5.26 Å². The third kappa shape index (κ3) is 1.67. The summed E-state index contributed by atoms with van der Waals surface area (Å²) in [5.41, 5.74) is 1.38. The molecular formula is C11H12N2O3. The van der Waals surface area contributed by atoms with Crippen LogP contribution in [0.2, 0.25) is 0 Å². The van der Waals surface area contributed by atoms with Gasteiger partial charge >= 0.3 is 5.97 Å². The van der Waals surface area contributed by atoms with Crippen LogP contribution in [0.15, 0.2) is 11.3 Å². The Hall–Kier alpha value is -1.83. The molecule has 2 aliphatic rings. The van der Waals surface area contributed by atoms with Crippen LogP contribution in [0.3, 0.4) is 0 Å². The van der Waals surface area contributed by atoms with Crippen molar-refractivity contribution in [3.63, 3.8) is 0 Å². The van der Waals surface area contributed by atoms with Gasteiger partial charge in [-0.3, -0.25) is 9.59 Å². The van der Waals surface area contributed by atoms with E-state index in [1.54, 1.807) is 0 Å². The van der Waals surface area contributed by atoms with Crippen molar-refractivity contribution in [2.24, 2.45) is 5.92 Å². The average molecular weight is 220 g/mol. The molecule has 1 unspecified atom stereocenters. The van der Waals surface area contributed by atoms with E-state index in [2.05, 4.69) is 6.07 Å². The van der Waals surface area contributed by atoms with Gasteiger partial charge in [0.15, 0.2) is 0 Å². The fourth-order valence-corrected chi connectivity index (χ4v) is 2.28. The molecule has 1 fully saturated rings. The normalized spacial score (nSPS) is 25.1. The molecule has 1 amide bonds. The van der Waals surface area contributed by atoms with Crippen LogP contribution in [0.1, 0.15) is 25.7 Å². The SMILES string of the molecule is N#CC1=C(N2CC(C(=O)O)CC2=O)CCC1. The number of likely N-dealkylation sites (tertiary alicyclic amines) is 1. The number of hydrogen-bond acceptors (Lipinski definition) is 3. The standard InChI is InChI=1S/C11H12N2O3/c12-5-7-2-1-3-9(7)13-6-8(11(15)16)4-10(13)14/h8H,1-4,6H2,(H,15,16). The topological polar surface area (TPSA) is 81.4 Å². The summed E-state index contributed by atoms with van der Waals surface area (Å²) in [4.78, 5) is 23.9. The van der Waals surface area contributed by atoms with Gasteiger partial charge in [-0.05, 0) is 19.3 Å². The second-order valence-corrected chi connectivity index (χ2v) is 4.13. The summed E-state index contributed by atoms with van der Waals surface area (Å²) >= 11 is 0. The summed E-state index contributed by atoms with van der Waals surface area (Å²) < 4.78 is 0. The first kappa shape index (κ1) is 10.7. The Morgan fingerprint density at radius 1 is 1.50 bits per heavy atom. The summed E-state index contributed by atoms with van der Waals surface area (Å²) in [5, 5.41) is 17.8. The number of carboxylic acids is 1. The van der Waals surface area contributed by atoms with Crippen LogP contribution in [-0.4, -0.2) is 28.4 Å². The third-order valence-electron chi connectivity index (χ3n) is 3.12. The number of hydrogen-bond donors (Lipinski definition) is 1. The highest BCUT2D eigenvalue weighted by atomic mass is 16.4. The molecule has 1 aliphatic carbocycles. The van der Waals surface area contributed by atoms with Crippen molar-refractivity contribution < 1.29 is 14.7 Å². The van der Waals surface area contributed by atoms with Gasteiger partial charge in [-0.1, -0.05) is 0 Å². The minimum atomic E-state index is -0.937. The van der Waals surface area contributed by atoms with E-state index in [0.29, 0.717) is 18.4 Å². The zero-order chi connectivity index (χ0) is 11.7. The lowest BCUT2D eigenvalue weighted by atomic mass is 10.1. The fraction of sp³-hybridized carbons (Fsp3) is 0.545. The summed E-state index contributed by atoms with van der Waals surface area (Å²) in [6, 6.07) is 2.09. The highest BCUT2D eigenvalue weighted by Gasteiger charge is 2.37. The molecule has 2 rings (SSSR count). The molecule has 16 heavy (non-hydrogen) atoms. The van der Waals surface area contributed by atoms with Crippen LogP contribution < -0.4 is 0 Å². The summed E-state index contributed by atoms with van der Waals surface area (Å²) in [6.45, 7) is 0.217. The lowest BCUT2D eigenvalue weighted by Crippen LogP contribution is -2.25. The van der Waals surface area contributed by atoms with Crippen LogP contribution in [-0.2, 0) is 9.59 Å². The summed E-state index contributed by atoms with van der Waals surface area (Å²) in [7, 11) is 0. The number of aliphatic carboxylic acids is 1. The molecule has 1 N–H and O–H groups in total. The van der Waals surface area contributed by atoms with Crippen LogP contribution in [0.25, 0.3) is 0 Å². The molecule has 0 aromatic rings. The maximum absolute atomic E-state index is 11.7. The van der Waals surface area contributed by atoms with Crippen LogP contribution in [0.4, 0.5) is 0 Å². The number of amides is 1. The second kappa shape index (κ2) is 3.97. The second-order valence-electron chi connectivity index (χ2n) is 4.13. The van der Waals surface area contributed by atoms with E-state index in [1.807, 2.05) is 0 Å². The summed E-state index contributed by atoms with van der Waals surface area (Å²) in [6.07, 6.45) is 2.34. The first-order valence-corrected chi connectivity index (χ1v) is 5.28. The number of allylic oxidation sites excluding steroid dienone is 2. The first-order valence-electron chi connectivity index (χ1n) is 5.28. The van der Waals surface area contributed by atoms with Crippen LogP contribution >= 0.6 is 0 Å². The van der Waals surface area contributed by atoms with Crippen molar-refractivity contribution in [1.29, 1.82) is 5.26 Å². The fourth-order valence-electron chi connectivity index (χ4n) is 2.28. The van der Waals surface area contributed by atoms with Crippen molar-refractivity contribution in [3.05, 3.63) is 11.3 Å². The first-order chi connectivity index (χ1) is 7.63. The smallest absolute Gasteiger partial charge is 0.308 e. The highest BCUT2D eigenvalue weighted by molar-refractivity contribution is 5.87. The van der Waals surface area contributed by atoms with Crippen molar-refractivity contribution in [2.45, 2.75) is 25.7 Å². The molecule has 0 saturated carbocycles. The molecule has 0 bridgehead atoms. The molecule has 0 spiro atoms. The Kier molecular flexibility index (Phi) is 2.65. The number of carboxylic acid groups (broad SMARTS) is 1. The number of carbonyl (C=O) groups excluding carboxylic acids is 1. The van der Waals surface area contributed by atoms with E-state index in [0.717, 1.165) is 12.1 Å². The average Bonchev–Trinajstić information content (AvgIpc) is 2.82. The molecule has 0 aromatic heterocycles. The maximum Gasteiger partial charge on any atom is 0.308 e. The molecule has 84 valence electrons. The lowest BCUT2D eigenvalue weighted by Gasteiger charge is -2.17. The molecular weight excluding hydrogens is 208 g/mol. The third-order valence-corrected chi connectivity index (χ3v) is 3.12. The predicted molar refractivity (Wildman–Crippen MR) is 53.9 cm³/mol. The van der Waals surface area contributed by atoms with Crippen molar-refractivity contribution in [2.75, 3.05) is 6.54 Å². The van der Waals surface area contributed by atoms with Gasteiger partial charge in [0.2, 0.25) is 5.91 Å². The van der Waals surface area contributed by atoms with E-state index < -0.39 is 11.9 Å². The highest BCUT2D eigenvalue weighted by Crippen LogP contribution is 2.32. The Morgan fingerprint density at radius 2 is 2.25 bits per heavy atom. The zero-order valence-corrected chi connectivity index (χ0v) is 8.77. The number of rotatable bonds is 2. The lowest BCUT2D eigenvalue weighted by molar-refractivity contribution is -0.141. The monoisotopic (exact) mass is 220 g/mol. The minimum absolute atomic E-state index is 0.0531. The number of nitrogens with zero attached hydrogens (tertiary/aromatic N) is 2. The van der Waals surface area contributed by atoms with E-state index in [1.165, 1.54) is 4.90 Å². The van der Waals surface area contributed by atoms with Gasteiger partial charge in [-0.25, -0.2) is 0 Å². The van der Waals surface area contributed by atoms with Gasteiger partial charge < -0.3 is 10.0 Å². The van der Waals surface area contributed by atoms with Crippen molar-refractivity contribution >= 4 is 11.9 Å². The van der Waals surface area contributed by atoms with Gasteiger partial charge in [0.1, 0.15) is 0 Å². The number of nitriles is 1. The molecule has 0 radical (unpaired) electrons. The predicted octanol–water partition coefficient (Wildman–Crippen LogP) is 0.881. The van der Waals surface area contributed by atoms with Gasteiger partial charge in [0.05, 0.1) is 12.0 Å².